The number of carbonyl (C=O) groups excluding carboxylic acids is 2. The van der Waals surface area contributed by atoms with Crippen molar-refractivity contribution in [2.24, 2.45) is 0 Å². The lowest BCUT2D eigenvalue weighted by Crippen LogP contribution is -2.45. The number of aromatic nitrogens is 2. The molecule has 2 amide bonds. The van der Waals surface area contributed by atoms with E-state index in [1.54, 1.807) is 13.0 Å². The molecule has 1 N–H and O–H groups in total. The summed E-state index contributed by atoms with van der Waals surface area (Å²) in [7, 11) is -4.04. The highest BCUT2D eigenvalue weighted by Gasteiger charge is 2.45. The normalized spacial score (nSPS) is 17.0. The molecule has 2 aromatic rings. The van der Waals surface area contributed by atoms with Gasteiger partial charge in [0.05, 0.1) is 5.56 Å². The van der Waals surface area contributed by atoms with Gasteiger partial charge in [0.1, 0.15) is 15.9 Å². The highest BCUT2D eigenvalue weighted by Crippen LogP contribution is 2.31. The number of hydrogen-bond acceptors (Lipinski definition) is 7. The van der Waals surface area contributed by atoms with E-state index < -0.39 is 27.9 Å². The van der Waals surface area contributed by atoms with Crippen molar-refractivity contribution in [1.29, 1.82) is 0 Å². The van der Waals surface area contributed by atoms with Crippen LogP contribution in [0.4, 0.5) is 5.13 Å². The number of nitrogens with one attached hydrogen (secondary N) is 1. The van der Waals surface area contributed by atoms with E-state index in [4.69, 9.17) is 0 Å². The predicted octanol–water partition coefficient (Wildman–Crippen LogP) is 1.02. The lowest BCUT2D eigenvalue weighted by Gasteiger charge is -2.21. The van der Waals surface area contributed by atoms with E-state index in [1.165, 1.54) is 25.1 Å². The van der Waals surface area contributed by atoms with Gasteiger partial charge in [-0.25, -0.2) is 12.7 Å². The molecule has 0 radical (unpaired) electrons. The Balaban J connectivity index is 1.90. The maximum atomic E-state index is 12.5. The Morgan fingerprint density at radius 1 is 1.30 bits per heavy atom. The van der Waals surface area contributed by atoms with Crippen LogP contribution >= 0.6 is 11.3 Å². The summed E-state index contributed by atoms with van der Waals surface area (Å²) < 4.78 is 25.6. The molecule has 23 heavy (non-hydrogen) atoms. The van der Waals surface area contributed by atoms with E-state index in [9.17, 15) is 18.0 Å². The topological polar surface area (TPSA) is 109 Å². The van der Waals surface area contributed by atoms with Crippen molar-refractivity contribution in [3.8, 4) is 0 Å². The van der Waals surface area contributed by atoms with Gasteiger partial charge in [0.2, 0.25) is 11.0 Å². The molecule has 0 saturated heterocycles. The van der Waals surface area contributed by atoms with Crippen molar-refractivity contribution in [3.05, 3.63) is 34.8 Å². The van der Waals surface area contributed by atoms with Gasteiger partial charge in [-0.15, -0.1) is 10.2 Å². The number of hydrogen-bond donors (Lipinski definition) is 1. The van der Waals surface area contributed by atoms with Gasteiger partial charge in [0.15, 0.2) is 0 Å². The van der Waals surface area contributed by atoms with Crippen LogP contribution in [0.5, 0.6) is 0 Å². The Bertz CT molecular complexity index is 906. The van der Waals surface area contributed by atoms with Crippen molar-refractivity contribution >= 4 is 38.3 Å². The van der Waals surface area contributed by atoms with Crippen LogP contribution in [0.2, 0.25) is 0 Å². The molecule has 0 fully saturated rings. The number of fused-ring (bicyclic) bond motifs is 1. The molecule has 1 aromatic heterocycles. The van der Waals surface area contributed by atoms with Crippen molar-refractivity contribution in [1.82, 2.24) is 14.5 Å². The van der Waals surface area contributed by atoms with E-state index in [-0.39, 0.29) is 15.6 Å². The van der Waals surface area contributed by atoms with Crippen LogP contribution in [-0.4, -0.2) is 40.8 Å². The number of carbonyl (C=O) groups is 2. The summed E-state index contributed by atoms with van der Waals surface area (Å²) in [6.07, 6.45) is 0. The molecular weight excluding hydrogens is 340 g/mol. The van der Waals surface area contributed by atoms with Crippen LogP contribution in [0.25, 0.3) is 0 Å². The lowest BCUT2D eigenvalue weighted by atomic mass is 10.2. The molecule has 120 valence electrons. The molecule has 10 heteroatoms. The number of anilines is 1. The Hall–Kier alpha value is -2.33. The third-order valence-electron chi connectivity index (χ3n) is 3.34. The van der Waals surface area contributed by atoms with Gasteiger partial charge in [-0.05, 0) is 26.0 Å². The van der Waals surface area contributed by atoms with Gasteiger partial charge < -0.3 is 0 Å². The van der Waals surface area contributed by atoms with Gasteiger partial charge in [0.25, 0.3) is 15.9 Å². The van der Waals surface area contributed by atoms with Crippen molar-refractivity contribution in [3.63, 3.8) is 0 Å². The summed E-state index contributed by atoms with van der Waals surface area (Å²) in [6.45, 7) is 3.08. The number of rotatable bonds is 3. The molecule has 0 spiro atoms. The second-order valence-electron chi connectivity index (χ2n) is 4.89. The Morgan fingerprint density at radius 3 is 2.61 bits per heavy atom. The molecule has 8 nitrogen and oxygen atoms in total. The van der Waals surface area contributed by atoms with Crippen molar-refractivity contribution in [2.45, 2.75) is 24.8 Å². The van der Waals surface area contributed by atoms with Crippen LogP contribution in [0.3, 0.4) is 0 Å². The standard InChI is InChI=1S/C13H12N4O4S2/c1-7(11(18)14-13-16-15-8(2)22-13)17-12(19)9-5-3-4-6-10(9)23(17,20)21/h3-7H,1-2H3,(H,14,16,18). The van der Waals surface area contributed by atoms with E-state index in [0.29, 0.717) is 9.31 Å². The summed E-state index contributed by atoms with van der Waals surface area (Å²) in [5, 5.41) is 10.9. The molecule has 3 rings (SSSR count). The number of aryl methyl sites for hydroxylation is 1. The summed E-state index contributed by atoms with van der Waals surface area (Å²) in [5.41, 5.74) is 0.0684. The first kappa shape index (κ1) is 15.6. The molecule has 0 bridgehead atoms. The van der Waals surface area contributed by atoms with E-state index in [1.807, 2.05) is 0 Å². The fourth-order valence-corrected chi connectivity index (χ4v) is 4.57. The van der Waals surface area contributed by atoms with E-state index in [2.05, 4.69) is 15.5 Å². The summed E-state index contributed by atoms with van der Waals surface area (Å²) >= 11 is 1.16. The van der Waals surface area contributed by atoms with Crippen LogP contribution in [-0.2, 0) is 14.8 Å². The first-order valence-electron chi connectivity index (χ1n) is 6.61. The van der Waals surface area contributed by atoms with Crippen molar-refractivity contribution < 1.29 is 18.0 Å². The average molecular weight is 352 g/mol. The third kappa shape index (κ3) is 2.49. The van der Waals surface area contributed by atoms with E-state index >= 15 is 0 Å². The number of amides is 2. The minimum atomic E-state index is -4.04. The Labute approximate surface area is 136 Å². The SMILES string of the molecule is Cc1nnc(NC(=O)C(C)N2C(=O)c3ccccc3S2(=O)=O)s1. The molecule has 1 aliphatic rings. The maximum Gasteiger partial charge on any atom is 0.269 e. The Kier molecular flexibility index (Phi) is 3.65. The number of benzene rings is 1. The fourth-order valence-electron chi connectivity index (χ4n) is 2.25. The van der Waals surface area contributed by atoms with Crippen molar-refractivity contribution in [2.75, 3.05) is 5.32 Å². The Morgan fingerprint density at radius 2 is 2.00 bits per heavy atom. The molecule has 1 aromatic carbocycles. The quantitative estimate of drug-likeness (QED) is 0.883. The number of sulfonamides is 1. The second kappa shape index (κ2) is 5.39. The van der Waals surface area contributed by atoms with E-state index in [0.717, 1.165) is 11.3 Å². The van der Waals surface area contributed by atoms with Gasteiger partial charge in [-0.3, -0.25) is 14.9 Å². The predicted molar refractivity (Wildman–Crippen MR) is 82.5 cm³/mol. The van der Waals surface area contributed by atoms with Crippen LogP contribution in [0.1, 0.15) is 22.3 Å². The zero-order valence-electron chi connectivity index (χ0n) is 12.2. The number of nitrogens with zero attached hydrogens (tertiary/aromatic N) is 3. The van der Waals surface area contributed by atoms with Gasteiger partial charge >= 0.3 is 0 Å². The summed E-state index contributed by atoms with van der Waals surface area (Å²) in [5.74, 6) is -1.36. The van der Waals surface area contributed by atoms with Gasteiger partial charge in [-0.2, -0.15) is 0 Å². The van der Waals surface area contributed by atoms with Gasteiger partial charge in [0, 0.05) is 0 Å². The zero-order chi connectivity index (χ0) is 16.8. The molecule has 1 aliphatic heterocycles. The largest absolute Gasteiger partial charge is 0.299 e. The molecule has 0 saturated carbocycles. The highest BCUT2D eigenvalue weighted by molar-refractivity contribution is 7.90. The van der Waals surface area contributed by atoms with Crippen LogP contribution < -0.4 is 5.32 Å². The maximum absolute atomic E-state index is 12.5. The third-order valence-corrected chi connectivity index (χ3v) is 6.01. The first-order chi connectivity index (χ1) is 10.8. The first-order valence-corrected chi connectivity index (χ1v) is 8.87. The fraction of sp³-hybridized carbons (Fsp3) is 0.231. The summed E-state index contributed by atoms with van der Waals surface area (Å²) in [6, 6.07) is 4.67. The summed E-state index contributed by atoms with van der Waals surface area (Å²) in [4.78, 5) is 24.5. The molecular formula is C13H12N4O4S2. The minimum Gasteiger partial charge on any atom is -0.299 e. The van der Waals surface area contributed by atoms with Crippen LogP contribution in [0.15, 0.2) is 29.2 Å². The highest BCUT2D eigenvalue weighted by atomic mass is 32.2. The second-order valence-corrected chi connectivity index (χ2v) is 7.86. The molecule has 2 heterocycles. The molecule has 0 aliphatic carbocycles. The average Bonchev–Trinajstić information content (AvgIpc) is 2.99. The van der Waals surface area contributed by atoms with Gasteiger partial charge in [-0.1, -0.05) is 23.5 Å². The monoisotopic (exact) mass is 352 g/mol. The lowest BCUT2D eigenvalue weighted by molar-refractivity contribution is -0.118. The zero-order valence-corrected chi connectivity index (χ0v) is 13.8. The molecule has 1 atom stereocenters. The van der Waals surface area contributed by atoms with Crippen LogP contribution in [0, 0.1) is 6.92 Å². The molecule has 1 unspecified atom stereocenters. The smallest absolute Gasteiger partial charge is 0.269 e. The minimum absolute atomic E-state index is 0.0684.